The zero-order valence-corrected chi connectivity index (χ0v) is 17.3. The molecule has 0 heterocycles. The summed E-state index contributed by atoms with van der Waals surface area (Å²) in [5, 5.41) is 21.9. The highest BCUT2D eigenvalue weighted by molar-refractivity contribution is 5.88. The van der Waals surface area contributed by atoms with Crippen LogP contribution >= 0.6 is 0 Å². The Labute approximate surface area is 187 Å². The van der Waals surface area contributed by atoms with Crippen LogP contribution in [-0.4, -0.2) is 59.9 Å². The number of rotatable bonds is 8. The molecule has 2 aromatic carbocycles. The number of halogens is 2. The molecule has 0 bridgehead atoms. The van der Waals surface area contributed by atoms with Gasteiger partial charge in [0.1, 0.15) is 18.6 Å². The number of amides is 2. The molecular weight excluding hydrogens is 438 g/mol. The number of benzene rings is 2. The number of carbonyl (C=O) groups is 3. The molecule has 2 aromatic rings. The molecule has 1 fully saturated rings. The molecule has 0 saturated heterocycles. The van der Waals surface area contributed by atoms with Gasteiger partial charge in [-0.3, -0.25) is 4.79 Å². The van der Waals surface area contributed by atoms with Gasteiger partial charge in [0.05, 0.1) is 12.5 Å². The zero-order chi connectivity index (χ0) is 23.8. The van der Waals surface area contributed by atoms with Gasteiger partial charge in [-0.05, 0) is 22.3 Å². The largest absolute Gasteiger partial charge is 0.480 e. The van der Waals surface area contributed by atoms with Crippen LogP contribution in [0.3, 0.4) is 0 Å². The average Bonchev–Trinajstić information content (AvgIpc) is 3.20. The molecule has 4 rings (SSSR count). The van der Waals surface area contributed by atoms with E-state index < -0.39 is 54.9 Å². The van der Waals surface area contributed by atoms with E-state index in [2.05, 4.69) is 5.32 Å². The highest BCUT2D eigenvalue weighted by atomic mass is 19.3. The minimum absolute atomic E-state index is 0.0155. The topological polar surface area (TPSA) is 125 Å². The maximum absolute atomic E-state index is 14.0. The molecule has 2 aliphatic carbocycles. The van der Waals surface area contributed by atoms with Gasteiger partial charge in [-0.2, -0.15) is 0 Å². The molecule has 2 amide bonds. The van der Waals surface area contributed by atoms with Crippen molar-refractivity contribution in [2.45, 2.75) is 17.9 Å². The Kier molecular flexibility index (Phi) is 6.03. The van der Waals surface area contributed by atoms with Gasteiger partial charge in [-0.15, -0.1) is 0 Å². The van der Waals surface area contributed by atoms with Gasteiger partial charge in [0.2, 0.25) is 5.91 Å². The van der Waals surface area contributed by atoms with E-state index in [4.69, 9.17) is 14.9 Å². The summed E-state index contributed by atoms with van der Waals surface area (Å²) in [4.78, 5) is 35.0. The van der Waals surface area contributed by atoms with Crippen LogP contribution in [0.4, 0.5) is 13.6 Å². The first kappa shape index (κ1) is 22.7. The summed E-state index contributed by atoms with van der Waals surface area (Å²) in [7, 11) is 0. The van der Waals surface area contributed by atoms with Crippen LogP contribution in [0.1, 0.15) is 17.0 Å². The maximum atomic E-state index is 14.0. The standard InChI is InChI=1S/C23H22F2N2O6/c24-23(25)17(19(23)20(29)27-18(10-28)21(30)31)9-26-22(32)33-11-16-14-7-3-1-5-12(14)13-6-2-4-8-15(13)16/h1-8,16-19,28H,9-11H2,(H,26,32)(H,27,29)(H,30,31)/t17?,18-,19?/m0/s1. The summed E-state index contributed by atoms with van der Waals surface area (Å²) in [6, 6.07) is 13.8. The van der Waals surface area contributed by atoms with Gasteiger partial charge in [0, 0.05) is 12.5 Å². The summed E-state index contributed by atoms with van der Waals surface area (Å²) >= 11 is 0. The lowest BCUT2D eigenvalue weighted by Gasteiger charge is -2.14. The number of alkyl carbamates (subject to hydrolysis) is 1. The van der Waals surface area contributed by atoms with Gasteiger partial charge in [0.25, 0.3) is 5.92 Å². The van der Waals surface area contributed by atoms with Gasteiger partial charge in [0.15, 0.2) is 0 Å². The fraction of sp³-hybridized carbons (Fsp3) is 0.348. The van der Waals surface area contributed by atoms with Crippen molar-refractivity contribution in [1.29, 1.82) is 0 Å². The van der Waals surface area contributed by atoms with Gasteiger partial charge in [-0.1, -0.05) is 48.5 Å². The summed E-state index contributed by atoms with van der Waals surface area (Å²) in [6.45, 7) is -1.43. The first-order chi connectivity index (χ1) is 15.8. The molecule has 0 aromatic heterocycles. The normalized spacial score (nSPS) is 20.8. The van der Waals surface area contributed by atoms with E-state index in [1.54, 1.807) is 0 Å². The molecule has 0 radical (unpaired) electrons. The molecule has 2 aliphatic rings. The van der Waals surface area contributed by atoms with Crippen LogP contribution in [0.5, 0.6) is 0 Å². The molecule has 4 N–H and O–H groups in total. The Bertz CT molecular complexity index is 1050. The molecule has 2 unspecified atom stereocenters. The third kappa shape index (κ3) is 4.25. The highest BCUT2D eigenvalue weighted by Crippen LogP contribution is 2.55. The van der Waals surface area contributed by atoms with Gasteiger partial charge in [-0.25, -0.2) is 18.4 Å². The lowest BCUT2D eigenvalue weighted by atomic mass is 9.98. The van der Waals surface area contributed by atoms with Crippen molar-refractivity contribution in [3.05, 3.63) is 59.7 Å². The first-order valence-corrected chi connectivity index (χ1v) is 10.4. The number of aliphatic carboxylic acids is 1. The predicted molar refractivity (Wildman–Crippen MR) is 112 cm³/mol. The molecule has 3 atom stereocenters. The van der Waals surface area contributed by atoms with E-state index in [0.717, 1.165) is 22.3 Å². The number of hydrogen-bond acceptors (Lipinski definition) is 5. The van der Waals surface area contributed by atoms with E-state index in [1.165, 1.54) is 0 Å². The summed E-state index contributed by atoms with van der Waals surface area (Å²) in [5.41, 5.74) is 4.12. The third-order valence-electron chi connectivity index (χ3n) is 6.09. The van der Waals surface area contributed by atoms with Crippen LogP contribution in [0.15, 0.2) is 48.5 Å². The van der Waals surface area contributed by atoms with Crippen molar-refractivity contribution in [1.82, 2.24) is 10.6 Å². The lowest BCUT2D eigenvalue weighted by Crippen LogP contribution is -2.44. The van der Waals surface area contributed by atoms with Crippen molar-refractivity contribution < 1.29 is 38.1 Å². The Morgan fingerprint density at radius 2 is 1.61 bits per heavy atom. The minimum Gasteiger partial charge on any atom is -0.480 e. The van der Waals surface area contributed by atoms with Crippen LogP contribution < -0.4 is 10.6 Å². The van der Waals surface area contributed by atoms with Crippen molar-refractivity contribution in [2.75, 3.05) is 19.8 Å². The van der Waals surface area contributed by atoms with E-state index >= 15 is 0 Å². The van der Waals surface area contributed by atoms with Gasteiger partial charge >= 0.3 is 12.1 Å². The van der Waals surface area contributed by atoms with Gasteiger partial charge < -0.3 is 25.6 Å². The third-order valence-corrected chi connectivity index (χ3v) is 6.09. The SMILES string of the molecule is O=C(NCC1C(C(=O)N[C@@H](CO)C(=O)O)C1(F)F)OCC1c2ccccc2-c2ccccc21. The zero-order valence-electron chi connectivity index (χ0n) is 17.3. The summed E-state index contributed by atoms with van der Waals surface area (Å²) in [6.07, 6.45) is -0.891. The molecule has 8 nitrogen and oxygen atoms in total. The molecule has 174 valence electrons. The lowest BCUT2D eigenvalue weighted by molar-refractivity contribution is -0.143. The average molecular weight is 460 g/mol. The summed E-state index contributed by atoms with van der Waals surface area (Å²) < 4.78 is 33.3. The van der Waals surface area contributed by atoms with E-state index in [-0.39, 0.29) is 12.5 Å². The van der Waals surface area contributed by atoms with E-state index in [0.29, 0.717) is 0 Å². The number of carbonyl (C=O) groups excluding carboxylic acids is 2. The Morgan fingerprint density at radius 3 is 2.15 bits per heavy atom. The van der Waals surface area contributed by atoms with E-state index in [9.17, 15) is 23.2 Å². The first-order valence-electron chi connectivity index (χ1n) is 10.4. The fourth-order valence-corrected chi connectivity index (χ4v) is 4.29. The summed E-state index contributed by atoms with van der Waals surface area (Å²) in [5.74, 6) is -9.61. The number of aliphatic hydroxyl groups is 1. The predicted octanol–water partition coefficient (Wildman–Crippen LogP) is 1.97. The van der Waals surface area contributed by atoms with Crippen LogP contribution in [0.2, 0.25) is 0 Å². The number of alkyl halides is 2. The number of hydrogen-bond donors (Lipinski definition) is 4. The van der Waals surface area contributed by atoms with Crippen molar-refractivity contribution in [2.24, 2.45) is 11.8 Å². The number of carboxylic acid groups (broad SMARTS) is 1. The fourth-order valence-electron chi connectivity index (χ4n) is 4.29. The number of ether oxygens (including phenoxy) is 1. The molecule has 0 spiro atoms. The maximum Gasteiger partial charge on any atom is 0.407 e. The second-order valence-corrected chi connectivity index (χ2v) is 8.05. The molecule has 1 saturated carbocycles. The molecule has 33 heavy (non-hydrogen) atoms. The minimum atomic E-state index is -3.40. The molecule has 10 heteroatoms. The monoisotopic (exact) mass is 460 g/mol. The van der Waals surface area contributed by atoms with Crippen molar-refractivity contribution in [3.63, 3.8) is 0 Å². The highest BCUT2D eigenvalue weighted by Gasteiger charge is 2.71. The Hall–Kier alpha value is -3.53. The van der Waals surface area contributed by atoms with Crippen molar-refractivity contribution >= 4 is 18.0 Å². The molecular formula is C23H22F2N2O6. The quantitative estimate of drug-likeness (QED) is 0.478. The van der Waals surface area contributed by atoms with Crippen LogP contribution in [0.25, 0.3) is 11.1 Å². The second-order valence-electron chi connectivity index (χ2n) is 8.05. The Morgan fingerprint density at radius 1 is 1.03 bits per heavy atom. The number of nitrogens with one attached hydrogen (secondary N) is 2. The second kappa shape index (κ2) is 8.78. The Balaban J connectivity index is 1.32. The molecule has 0 aliphatic heterocycles. The van der Waals surface area contributed by atoms with Crippen molar-refractivity contribution in [3.8, 4) is 11.1 Å². The van der Waals surface area contributed by atoms with E-state index in [1.807, 2.05) is 53.8 Å². The smallest absolute Gasteiger partial charge is 0.407 e. The number of aliphatic hydroxyl groups excluding tert-OH is 1. The number of fused-ring (bicyclic) bond motifs is 3. The number of carboxylic acids is 1. The van der Waals surface area contributed by atoms with Crippen LogP contribution in [-0.2, 0) is 14.3 Å². The van der Waals surface area contributed by atoms with Crippen LogP contribution in [0, 0.1) is 11.8 Å².